The van der Waals surface area contributed by atoms with E-state index < -0.39 is 31.7 Å². The van der Waals surface area contributed by atoms with E-state index in [0.717, 1.165) is 6.20 Å². The van der Waals surface area contributed by atoms with E-state index in [2.05, 4.69) is 20.4 Å². The average molecular weight is 401 g/mol. The number of hydrogen-bond acceptors (Lipinski definition) is 5. The molecule has 0 radical (unpaired) electrons. The predicted octanol–water partition coefficient (Wildman–Crippen LogP) is 3.80. The van der Waals surface area contributed by atoms with Crippen molar-refractivity contribution in [2.75, 3.05) is 5.32 Å². The lowest BCUT2D eigenvalue weighted by Gasteiger charge is -2.31. The smallest absolute Gasteiger partial charge is 0.225 e. The first-order valence-corrected chi connectivity index (χ1v) is 8.98. The second-order valence-corrected chi connectivity index (χ2v) is 6.64. The van der Waals surface area contributed by atoms with E-state index in [-0.39, 0.29) is 36.1 Å². The highest BCUT2D eigenvalue weighted by Crippen LogP contribution is 2.38. The van der Waals surface area contributed by atoms with Gasteiger partial charge < -0.3 is 10.1 Å². The van der Waals surface area contributed by atoms with Gasteiger partial charge in [0, 0.05) is 26.4 Å². The number of nitrogens with zero attached hydrogens (tertiary/aromatic N) is 4. The highest BCUT2D eigenvalue weighted by molar-refractivity contribution is 5.91. The Kier molecular flexibility index (Phi) is 3.34. The van der Waals surface area contributed by atoms with E-state index in [1.54, 1.807) is 19.1 Å². The van der Waals surface area contributed by atoms with E-state index in [1.807, 2.05) is 0 Å². The summed E-state index contributed by atoms with van der Waals surface area (Å²) in [6, 6.07) is 5.88. The third-order valence-corrected chi connectivity index (χ3v) is 4.49. The van der Waals surface area contributed by atoms with Crippen LogP contribution in [0.15, 0.2) is 36.7 Å². The van der Waals surface area contributed by atoms with E-state index in [9.17, 15) is 9.18 Å². The van der Waals surface area contributed by atoms with Crippen molar-refractivity contribution in [1.29, 1.82) is 0 Å². The number of halogens is 1. The molecular weight excluding hydrogens is 373 g/mol. The molecule has 150 valence electrons. The second kappa shape index (κ2) is 7.36. The van der Waals surface area contributed by atoms with Crippen molar-refractivity contribution in [3.63, 3.8) is 0 Å². The summed E-state index contributed by atoms with van der Waals surface area (Å²) >= 11 is 0. The number of nitrogens with one attached hydrogen (secondary N) is 1. The Morgan fingerprint density at radius 3 is 2.97 bits per heavy atom. The summed E-state index contributed by atoms with van der Waals surface area (Å²) < 4.78 is 67.8. The molecule has 0 atom stereocenters. The fourth-order valence-electron chi connectivity index (χ4n) is 3.11. The summed E-state index contributed by atoms with van der Waals surface area (Å²) in [6.45, 7) is -5.16. The quantitative estimate of drug-likeness (QED) is 0.719. The molecule has 0 spiro atoms. The van der Waals surface area contributed by atoms with Crippen molar-refractivity contribution in [1.82, 2.24) is 19.7 Å². The van der Waals surface area contributed by atoms with Gasteiger partial charge in [-0.1, -0.05) is 6.92 Å². The van der Waals surface area contributed by atoms with Gasteiger partial charge >= 0.3 is 0 Å². The summed E-state index contributed by atoms with van der Waals surface area (Å²) in [5.41, 5.74) is -0.477. The van der Waals surface area contributed by atoms with E-state index in [1.165, 1.54) is 23.0 Å². The zero-order valence-electron chi connectivity index (χ0n) is 21.6. The number of amides is 1. The molecule has 1 aliphatic rings. The third kappa shape index (κ3) is 3.88. The molecule has 3 aromatic rings. The maximum Gasteiger partial charge on any atom is 0.225 e. The molecule has 1 aliphatic heterocycles. The molecular formula is C21H22FN5O2. The number of rotatable bonds is 4. The van der Waals surface area contributed by atoms with Crippen LogP contribution in [-0.4, -0.2) is 31.3 Å². The first-order valence-electron chi connectivity index (χ1n) is 12.0. The van der Waals surface area contributed by atoms with Gasteiger partial charge in [-0.25, -0.2) is 9.37 Å². The lowest BCUT2D eigenvalue weighted by Crippen LogP contribution is -2.36. The first kappa shape index (κ1) is 13.2. The van der Waals surface area contributed by atoms with Crippen molar-refractivity contribution in [3.8, 4) is 22.5 Å². The number of anilines is 1. The lowest BCUT2D eigenvalue weighted by molar-refractivity contribution is -0.115. The zero-order chi connectivity index (χ0) is 25.6. The van der Waals surface area contributed by atoms with Crippen LogP contribution in [0.5, 0.6) is 0 Å². The molecule has 4 heterocycles. The molecule has 4 rings (SSSR count). The van der Waals surface area contributed by atoms with Gasteiger partial charge in [-0.05, 0) is 43.5 Å². The molecule has 0 aromatic carbocycles. The van der Waals surface area contributed by atoms with Gasteiger partial charge in [-0.15, -0.1) is 0 Å². The Labute approximate surface area is 176 Å². The summed E-state index contributed by atoms with van der Waals surface area (Å²) in [5.74, 6) is -0.515. The predicted molar refractivity (Wildman–Crippen MR) is 106 cm³/mol. The minimum atomic E-state index is -2.97. The molecule has 1 N–H and O–H groups in total. The standard InChI is InChI=1S/C21H22FN5O2/c1-4-18(28)25-17-9-13(7-8-23-17)19-16-11-29-21(2,3)12-27(16)26-20(19)15-6-5-14(22)10-24-15/h5-10H,4,11-12H2,1-3H3,(H,23,25,28)/i2D3,3D3. The first-order chi connectivity index (χ1) is 16.4. The van der Waals surface area contributed by atoms with Gasteiger partial charge in [0.15, 0.2) is 0 Å². The van der Waals surface area contributed by atoms with Gasteiger partial charge in [0.05, 0.1) is 36.3 Å². The average Bonchev–Trinajstić information content (AvgIpc) is 3.16. The zero-order valence-corrected chi connectivity index (χ0v) is 15.6. The van der Waals surface area contributed by atoms with E-state index in [0.29, 0.717) is 16.8 Å². The van der Waals surface area contributed by atoms with Gasteiger partial charge in [-0.3, -0.25) is 14.5 Å². The number of ether oxygens (including phenoxy) is 1. The fraction of sp³-hybridized carbons (Fsp3) is 0.333. The van der Waals surface area contributed by atoms with Crippen LogP contribution in [0.4, 0.5) is 10.2 Å². The van der Waals surface area contributed by atoms with E-state index >= 15 is 0 Å². The van der Waals surface area contributed by atoms with Gasteiger partial charge in [0.2, 0.25) is 5.91 Å². The molecule has 3 aromatic heterocycles. The van der Waals surface area contributed by atoms with Crippen molar-refractivity contribution in [2.45, 2.75) is 45.8 Å². The summed E-state index contributed by atoms with van der Waals surface area (Å²) in [4.78, 5) is 20.1. The Balaban J connectivity index is 1.90. The minimum Gasteiger partial charge on any atom is -0.367 e. The number of hydrogen-bond donors (Lipinski definition) is 1. The number of pyridine rings is 2. The molecule has 7 nitrogen and oxygen atoms in total. The number of aromatic nitrogens is 4. The normalized spacial score (nSPS) is 19.0. The summed E-state index contributed by atoms with van der Waals surface area (Å²) in [7, 11) is 0. The van der Waals surface area contributed by atoms with Crippen LogP contribution < -0.4 is 5.32 Å². The molecule has 1 amide bonds. The highest BCUT2D eigenvalue weighted by Gasteiger charge is 2.31. The van der Waals surface area contributed by atoms with Crippen molar-refractivity contribution in [2.24, 2.45) is 0 Å². The Morgan fingerprint density at radius 2 is 2.24 bits per heavy atom. The molecule has 0 saturated carbocycles. The summed E-state index contributed by atoms with van der Waals surface area (Å²) in [6.07, 6.45) is 2.74. The van der Waals surface area contributed by atoms with Gasteiger partial charge in [0.25, 0.3) is 0 Å². The summed E-state index contributed by atoms with van der Waals surface area (Å²) in [5, 5.41) is 7.17. The topological polar surface area (TPSA) is 81.9 Å². The molecule has 0 saturated heterocycles. The highest BCUT2D eigenvalue weighted by atomic mass is 19.1. The molecule has 0 fully saturated rings. The van der Waals surface area contributed by atoms with Crippen LogP contribution in [0.1, 0.15) is 41.0 Å². The largest absolute Gasteiger partial charge is 0.367 e. The van der Waals surface area contributed by atoms with Gasteiger partial charge in [-0.2, -0.15) is 5.10 Å². The van der Waals surface area contributed by atoms with Crippen LogP contribution in [0.25, 0.3) is 22.5 Å². The Morgan fingerprint density at radius 1 is 1.38 bits per heavy atom. The van der Waals surface area contributed by atoms with Gasteiger partial charge in [0.1, 0.15) is 17.3 Å². The monoisotopic (exact) mass is 401 g/mol. The number of fused-ring (bicyclic) bond motifs is 1. The molecule has 0 aliphatic carbocycles. The molecule has 0 bridgehead atoms. The van der Waals surface area contributed by atoms with Crippen LogP contribution in [-0.2, 0) is 22.7 Å². The van der Waals surface area contributed by atoms with Crippen LogP contribution in [0.2, 0.25) is 0 Å². The fourth-order valence-corrected chi connectivity index (χ4v) is 3.11. The molecule has 8 heteroatoms. The second-order valence-electron chi connectivity index (χ2n) is 6.64. The van der Waals surface area contributed by atoms with Crippen LogP contribution in [0, 0.1) is 5.82 Å². The lowest BCUT2D eigenvalue weighted by atomic mass is 10.0. The minimum absolute atomic E-state index is 0.240. The SMILES string of the molecule is [2H]C([2H])([2H])C1(C([2H])([2H])[2H])Cn2nc(-c3ccc(F)cn3)c(-c3ccnc(NC(=O)CC)c3)c2CO1. The maximum atomic E-state index is 13.5. The molecule has 0 unspecified atom stereocenters. The maximum absolute atomic E-state index is 13.5. The number of carbonyl (C=O) groups excluding carboxylic acids is 1. The Hall–Kier alpha value is -3.13. The Bertz CT molecular complexity index is 1240. The van der Waals surface area contributed by atoms with Crippen LogP contribution in [0.3, 0.4) is 0 Å². The van der Waals surface area contributed by atoms with E-state index in [4.69, 9.17) is 13.0 Å². The number of carbonyl (C=O) groups is 1. The van der Waals surface area contributed by atoms with Crippen molar-refractivity contribution >= 4 is 11.7 Å². The molecule has 29 heavy (non-hydrogen) atoms. The van der Waals surface area contributed by atoms with Crippen LogP contribution >= 0.6 is 0 Å². The van der Waals surface area contributed by atoms with Crippen molar-refractivity contribution in [3.05, 3.63) is 48.2 Å². The third-order valence-electron chi connectivity index (χ3n) is 4.49. The van der Waals surface area contributed by atoms with Crippen molar-refractivity contribution < 1.29 is 22.1 Å².